The van der Waals surface area contributed by atoms with Gasteiger partial charge in [0, 0.05) is 19.2 Å². The van der Waals surface area contributed by atoms with E-state index in [9.17, 15) is 4.79 Å². The fraction of sp³-hybridized carbons (Fsp3) is 0.222. The highest BCUT2D eigenvalue weighted by Crippen LogP contribution is 2.12. The number of amides is 1. The minimum Gasteiger partial charge on any atom is -0.380 e. The zero-order valence-electron chi connectivity index (χ0n) is 12.5. The Morgan fingerprint density at radius 3 is 2.64 bits per heavy atom. The molecule has 0 aliphatic carbocycles. The molecular formula is C18H18N2O2. The van der Waals surface area contributed by atoms with Gasteiger partial charge < -0.3 is 10.1 Å². The second-order valence-corrected chi connectivity index (χ2v) is 4.99. The molecule has 2 aromatic rings. The summed E-state index contributed by atoms with van der Waals surface area (Å²) in [6.07, 6.45) is 1.05. The summed E-state index contributed by atoms with van der Waals surface area (Å²) in [4.78, 5) is 12.0. The molecule has 112 valence electrons. The van der Waals surface area contributed by atoms with Crippen molar-refractivity contribution in [3.05, 3.63) is 65.2 Å². The Morgan fingerprint density at radius 2 is 1.95 bits per heavy atom. The van der Waals surface area contributed by atoms with Gasteiger partial charge in [0.05, 0.1) is 18.2 Å². The molecule has 22 heavy (non-hydrogen) atoms. The van der Waals surface area contributed by atoms with Crippen molar-refractivity contribution >= 4 is 11.6 Å². The number of hydrogen-bond donors (Lipinski definition) is 1. The Morgan fingerprint density at radius 1 is 1.18 bits per heavy atom. The van der Waals surface area contributed by atoms with Gasteiger partial charge in [-0.3, -0.25) is 4.79 Å². The number of rotatable bonds is 6. The van der Waals surface area contributed by atoms with Gasteiger partial charge >= 0.3 is 0 Å². The van der Waals surface area contributed by atoms with E-state index in [0.717, 1.165) is 16.8 Å². The van der Waals surface area contributed by atoms with Crippen molar-refractivity contribution in [1.82, 2.24) is 0 Å². The molecule has 0 radical (unpaired) electrons. The lowest BCUT2D eigenvalue weighted by Gasteiger charge is -2.07. The first kappa shape index (κ1) is 15.7. The van der Waals surface area contributed by atoms with Gasteiger partial charge in [-0.05, 0) is 41.8 Å². The number of carbonyl (C=O) groups is 1. The van der Waals surface area contributed by atoms with E-state index >= 15 is 0 Å². The van der Waals surface area contributed by atoms with Gasteiger partial charge in [0.2, 0.25) is 5.91 Å². The van der Waals surface area contributed by atoms with E-state index in [1.165, 1.54) is 0 Å². The number of benzene rings is 2. The maximum atomic E-state index is 12.0. The van der Waals surface area contributed by atoms with E-state index in [0.29, 0.717) is 25.0 Å². The summed E-state index contributed by atoms with van der Waals surface area (Å²) in [5, 5.41) is 11.6. The van der Waals surface area contributed by atoms with Crippen molar-refractivity contribution in [2.45, 2.75) is 19.4 Å². The molecule has 0 saturated heterocycles. The van der Waals surface area contributed by atoms with Crippen LogP contribution in [0.1, 0.15) is 23.1 Å². The Labute approximate surface area is 130 Å². The molecule has 2 aromatic carbocycles. The summed E-state index contributed by atoms with van der Waals surface area (Å²) >= 11 is 0. The number of ether oxygens (including phenoxy) is 1. The number of aryl methyl sites for hydroxylation is 1. The fourth-order valence-electron chi connectivity index (χ4n) is 2.13. The van der Waals surface area contributed by atoms with Crippen molar-refractivity contribution in [2.24, 2.45) is 0 Å². The highest BCUT2D eigenvalue weighted by Gasteiger charge is 2.04. The van der Waals surface area contributed by atoms with Crippen LogP contribution in [-0.2, 0) is 22.6 Å². The number of methoxy groups -OCH3 is 1. The van der Waals surface area contributed by atoms with Crippen LogP contribution >= 0.6 is 0 Å². The lowest BCUT2D eigenvalue weighted by molar-refractivity contribution is -0.116. The summed E-state index contributed by atoms with van der Waals surface area (Å²) in [5.41, 5.74) is 3.47. The summed E-state index contributed by atoms with van der Waals surface area (Å²) in [6.45, 7) is 0.523. The zero-order valence-corrected chi connectivity index (χ0v) is 12.5. The van der Waals surface area contributed by atoms with Crippen LogP contribution in [0.2, 0.25) is 0 Å². The van der Waals surface area contributed by atoms with E-state index in [2.05, 4.69) is 11.4 Å². The second-order valence-electron chi connectivity index (χ2n) is 4.99. The number of nitriles is 1. The number of hydrogen-bond acceptors (Lipinski definition) is 3. The number of anilines is 1. The van der Waals surface area contributed by atoms with E-state index < -0.39 is 0 Å². The molecule has 0 aliphatic heterocycles. The molecule has 0 aromatic heterocycles. The lowest BCUT2D eigenvalue weighted by Crippen LogP contribution is -2.12. The Hall–Kier alpha value is -2.64. The van der Waals surface area contributed by atoms with Crippen LogP contribution in [0.3, 0.4) is 0 Å². The van der Waals surface area contributed by atoms with Gasteiger partial charge in [-0.25, -0.2) is 0 Å². The summed E-state index contributed by atoms with van der Waals surface area (Å²) in [5.74, 6) is -0.0288. The van der Waals surface area contributed by atoms with Crippen molar-refractivity contribution in [3.8, 4) is 6.07 Å². The largest absolute Gasteiger partial charge is 0.380 e. The maximum absolute atomic E-state index is 12.0. The highest BCUT2D eigenvalue weighted by molar-refractivity contribution is 5.90. The van der Waals surface area contributed by atoms with Crippen LogP contribution < -0.4 is 5.32 Å². The van der Waals surface area contributed by atoms with Gasteiger partial charge in [-0.2, -0.15) is 5.26 Å². The van der Waals surface area contributed by atoms with Gasteiger partial charge in [-0.15, -0.1) is 0 Å². The van der Waals surface area contributed by atoms with Crippen LogP contribution in [-0.4, -0.2) is 13.0 Å². The second kappa shape index (κ2) is 7.96. The van der Waals surface area contributed by atoms with Crippen molar-refractivity contribution in [1.29, 1.82) is 5.26 Å². The third kappa shape index (κ3) is 4.72. The van der Waals surface area contributed by atoms with Crippen LogP contribution in [0.5, 0.6) is 0 Å². The molecule has 0 atom stereocenters. The number of nitrogens with one attached hydrogen (secondary N) is 1. The molecule has 4 nitrogen and oxygen atoms in total. The summed E-state index contributed by atoms with van der Waals surface area (Å²) in [6, 6.07) is 17.0. The molecule has 1 amide bonds. The minimum atomic E-state index is -0.0288. The molecule has 0 bridgehead atoms. The number of nitrogens with zero attached hydrogens (tertiary/aromatic N) is 1. The van der Waals surface area contributed by atoms with E-state index in [-0.39, 0.29) is 5.91 Å². The summed E-state index contributed by atoms with van der Waals surface area (Å²) in [7, 11) is 1.64. The van der Waals surface area contributed by atoms with E-state index in [1.807, 2.05) is 36.4 Å². The average Bonchev–Trinajstić information content (AvgIpc) is 2.54. The molecule has 0 aliphatic rings. The average molecular weight is 294 g/mol. The molecule has 0 spiro atoms. The van der Waals surface area contributed by atoms with Gasteiger partial charge in [-0.1, -0.05) is 24.3 Å². The zero-order chi connectivity index (χ0) is 15.8. The molecule has 2 rings (SSSR count). The Balaban J connectivity index is 1.87. The SMILES string of the molecule is COCc1cccc(NC(=O)CCc2ccc(C#N)cc2)c1. The first-order chi connectivity index (χ1) is 10.7. The Bertz CT molecular complexity index is 672. The molecule has 0 fully saturated rings. The van der Waals surface area contributed by atoms with Gasteiger partial charge in [0.15, 0.2) is 0 Å². The Kier molecular flexibility index (Phi) is 5.70. The smallest absolute Gasteiger partial charge is 0.224 e. The normalized spacial score (nSPS) is 10.0. The van der Waals surface area contributed by atoms with Crippen LogP contribution in [0.15, 0.2) is 48.5 Å². The van der Waals surface area contributed by atoms with Crippen LogP contribution in [0.4, 0.5) is 5.69 Å². The van der Waals surface area contributed by atoms with Gasteiger partial charge in [0.1, 0.15) is 0 Å². The van der Waals surface area contributed by atoms with Crippen molar-refractivity contribution in [2.75, 3.05) is 12.4 Å². The molecule has 0 heterocycles. The number of carbonyl (C=O) groups excluding carboxylic acids is 1. The van der Waals surface area contributed by atoms with Gasteiger partial charge in [0.25, 0.3) is 0 Å². The standard InChI is InChI=1S/C18H18N2O2/c1-22-13-16-3-2-4-17(11-16)20-18(21)10-9-14-5-7-15(12-19)8-6-14/h2-8,11H,9-10,13H2,1H3,(H,20,21). The first-order valence-corrected chi connectivity index (χ1v) is 7.08. The third-order valence-corrected chi connectivity index (χ3v) is 3.25. The van der Waals surface area contributed by atoms with Crippen LogP contribution in [0.25, 0.3) is 0 Å². The molecule has 0 saturated carbocycles. The molecule has 0 unspecified atom stereocenters. The van der Waals surface area contributed by atoms with E-state index in [4.69, 9.17) is 10.00 Å². The van der Waals surface area contributed by atoms with Crippen molar-refractivity contribution < 1.29 is 9.53 Å². The third-order valence-electron chi connectivity index (χ3n) is 3.25. The highest BCUT2D eigenvalue weighted by atomic mass is 16.5. The van der Waals surface area contributed by atoms with E-state index in [1.54, 1.807) is 19.2 Å². The maximum Gasteiger partial charge on any atom is 0.224 e. The molecule has 4 heteroatoms. The topological polar surface area (TPSA) is 62.1 Å². The minimum absolute atomic E-state index is 0.0288. The fourth-order valence-corrected chi connectivity index (χ4v) is 2.13. The van der Waals surface area contributed by atoms with Crippen LogP contribution in [0, 0.1) is 11.3 Å². The first-order valence-electron chi connectivity index (χ1n) is 7.08. The monoisotopic (exact) mass is 294 g/mol. The quantitative estimate of drug-likeness (QED) is 0.889. The lowest BCUT2D eigenvalue weighted by atomic mass is 10.1. The predicted molar refractivity (Wildman–Crippen MR) is 85.3 cm³/mol. The molecule has 1 N–H and O–H groups in total. The van der Waals surface area contributed by atoms with Crippen molar-refractivity contribution in [3.63, 3.8) is 0 Å². The summed E-state index contributed by atoms with van der Waals surface area (Å²) < 4.78 is 5.08. The predicted octanol–water partition coefficient (Wildman–Crippen LogP) is 3.28. The molecular weight excluding hydrogens is 276 g/mol.